The molecule has 0 spiro atoms. The molecule has 1 amide bonds. The van der Waals surface area contributed by atoms with E-state index in [4.69, 9.17) is 18.6 Å². The summed E-state index contributed by atoms with van der Waals surface area (Å²) in [7, 11) is 0. The van der Waals surface area contributed by atoms with E-state index < -0.39 is 23.7 Å². The normalized spacial score (nSPS) is 12.3. The van der Waals surface area contributed by atoms with Gasteiger partial charge in [-0.15, -0.1) is 10.2 Å². The lowest BCUT2D eigenvalue weighted by Crippen LogP contribution is -2.36. The van der Waals surface area contributed by atoms with Crippen LogP contribution in [0.3, 0.4) is 0 Å². The van der Waals surface area contributed by atoms with Crippen LogP contribution in [0.1, 0.15) is 55.9 Å². The maximum absolute atomic E-state index is 12.1. The van der Waals surface area contributed by atoms with E-state index in [1.807, 2.05) is 30.3 Å². The number of nitrogens with zero attached hydrogens (tertiary/aromatic N) is 2. The van der Waals surface area contributed by atoms with E-state index in [0.29, 0.717) is 6.61 Å². The number of hydrogen-bond acceptors (Lipinski definition) is 8. The summed E-state index contributed by atoms with van der Waals surface area (Å²) in [4.78, 5) is 23.9. The molecule has 0 radical (unpaired) electrons. The van der Waals surface area contributed by atoms with E-state index in [2.05, 4.69) is 15.5 Å². The molecule has 0 bridgehead atoms. The van der Waals surface area contributed by atoms with Crippen LogP contribution in [0.2, 0.25) is 0 Å². The van der Waals surface area contributed by atoms with Crippen LogP contribution in [0.4, 0.5) is 4.79 Å². The summed E-state index contributed by atoms with van der Waals surface area (Å²) in [5.74, 6) is -1.01. The second-order valence-corrected chi connectivity index (χ2v) is 6.87. The van der Waals surface area contributed by atoms with Gasteiger partial charge in [-0.3, -0.25) is 0 Å². The molecule has 1 aromatic heterocycles. The van der Waals surface area contributed by atoms with E-state index in [0.717, 1.165) is 5.56 Å². The van der Waals surface area contributed by atoms with Crippen molar-refractivity contribution >= 4 is 12.1 Å². The number of aromatic nitrogens is 2. The topological polar surface area (TPSA) is 113 Å². The summed E-state index contributed by atoms with van der Waals surface area (Å²) < 4.78 is 21.1. The Labute approximate surface area is 163 Å². The van der Waals surface area contributed by atoms with Gasteiger partial charge in [0.1, 0.15) is 11.6 Å². The van der Waals surface area contributed by atoms with Crippen molar-refractivity contribution in [2.45, 2.75) is 45.9 Å². The summed E-state index contributed by atoms with van der Waals surface area (Å²) in [6.07, 6.45) is -0.670. The van der Waals surface area contributed by atoms with Crippen molar-refractivity contribution in [3.8, 4) is 0 Å². The van der Waals surface area contributed by atoms with Crippen molar-refractivity contribution < 1.29 is 28.2 Å². The third-order valence-corrected chi connectivity index (χ3v) is 3.28. The van der Waals surface area contributed by atoms with Crippen molar-refractivity contribution in [1.29, 1.82) is 0 Å². The second-order valence-electron chi connectivity index (χ2n) is 6.87. The van der Waals surface area contributed by atoms with Gasteiger partial charge in [0.2, 0.25) is 5.89 Å². The van der Waals surface area contributed by atoms with Crippen molar-refractivity contribution in [3.05, 3.63) is 47.7 Å². The summed E-state index contributed by atoms with van der Waals surface area (Å²) >= 11 is 0. The highest BCUT2D eigenvalue weighted by molar-refractivity contribution is 5.83. The van der Waals surface area contributed by atoms with Gasteiger partial charge in [0.05, 0.1) is 19.8 Å². The molecular formula is C19H25N3O6. The Balaban J connectivity index is 2.06. The SMILES string of the molecule is CCOC(=O)c1nnc([C@H](COCc2ccccc2)NC(=O)OC(C)(C)C)o1. The average molecular weight is 391 g/mol. The minimum Gasteiger partial charge on any atom is -0.459 e. The van der Waals surface area contributed by atoms with Gasteiger partial charge in [0, 0.05) is 0 Å². The highest BCUT2D eigenvalue weighted by atomic mass is 16.6. The Bertz CT molecular complexity index is 769. The number of carbonyl (C=O) groups is 2. The van der Waals surface area contributed by atoms with Crippen molar-refractivity contribution in [3.63, 3.8) is 0 Å². The Hall–Kier alpha value is -2.94. The van der Waals surface area contributed by atoms with Gasteiger partial charge < -0.3 is 23.9 Å². The molecule has 1 N–H and O–H groups in total. The van der Waals surface area contributed by atoms with Crippen LogP contribution in [-0.4, -0.2) is 41.1 Å². The van der Waals surface area contributed by atoms with Crippen molar-refractivity contribution in [2.24, 2.45) is 0 Å². The zero-order valence-corrected chi connectivity index (χ0v) is 16.4. The standard InChI is InChI=1S/C19H25N3O6/c1-5-26-17(23)16-22-21-15(27-16)14(20-18(24)28-19(2,3)4)12-25-11-13-9-7-6-8-10-13/h6-10,14H,5,11-12H2,1-4H3,(H,20,24)/t14-/m0/s1. The molecule has 0 unspecified atom stereocenters. The van der Waals surface area contributed by atoms with Crippen LogP contribution < -0.4 is 5.32 Å². The fourth-order valence-electron chi connectivity index (χ4n) is 2.14. The summed E-state index contributed by atoms with van der Waals surface area (Å²) in [5.41, 5.74) is 0.293. The van der Waals surface area contributed by atoms with Gasteiger partial charge in [-0.25, -0.2) is 9.59 Å². The minimum atomic E-state index is -0.797. The quantitative estimate of drug-likeness (QED) is 0.683. The van der Waals surface area contributed by atoms with Gasteiger partial charge in [0.25, 0.3) is 0 Å². The van der Waals surface area contributed by atoms with Crippen LogP contribution >= 0.6 is 0 Å². The maximum atomic E-state index is 12.1. The van der Waals surface area contributed by atoms with Crippen LogP contribution in [-0.2, 0) is 20.8 Å². The lowest BCUT2D eigenvalue weighted by molar-refractivity contribution is 0.0398. The fraction of sp³-hybridized carbons (Fsp3) is 0.474. The van der Waals surface area contributed by atoms with Crippen LogP contribution in [0.15, 0.2) is 34.7 Å². The molecule has 1 aromatic carbocycles. The molecule has 152 valence electrons. The average Bonchev–Trinajstić information content (AvgIpc) is 3.10. The monoisotopic (exact) mass is 391 g/mol. The highest BCUT2D eigenvalue weighted by Gasteiger charge is 2.26. The van der Waals surface area contributed by atoms with Gasteiger partial charge in [0.15, 0.2) is 0 Å². The molecule has 1 atom stereocenters. The molecular weight excluding hydrogens is 366 g/mol. The number of esters is 1. The number of nitrogens with one attached hydrogen (secondary N) is 1. The lowest BCUT2D eigenvalue weighted by Gasteiger charge is -2.22. The van der Waals surface area contributed by atoms with Gasteiger partial charge >= 0.3 is 18.0 Å². The number of benzene rings is 1. The smallest absolute Gasteiger partial charge is 0.408 e. The second kappa shape index (κ2) is 9.84. The number of carbonyl (C=O) groups excluding carboxylic acids is 2. The molecule has 2 aromatic rings. The first-order chi connectivity index (χ1) is 13.3. The molecule has 0 aliphatic heterocycles. The summed E-state index contributed by atoms with van der Waals surface area (Å²) in [6, 6.07) is 8.75. The van der Waals surface area contributed by atoms with Crippen LogP contribution in [0.5, 0.6) is 0 Å². The van der Waals surface area contributed by atoms with E-state index in [1.54, 1.807) is 27.7 Å². The molecule has 28 heavy (non-hydrogen) atoms. The molecule has 1 heterocycles. The van der Waals surface area contributed by atoms with E-state index in [9.17, 15) is 9.59 Å². The van der Waals surface area contributed by atoms with E-state index >= 15 is 0 Å². The number of hydrogen-bond donors (Lipinski definition) is 1. The van der Waals surface area contributed by atoms with Crippen molar-refractivity contribution in [1.82, 2.24) is 15.5 Å². The third-order valence-electron chi connectivity index (χ3n) is 3.28. The molecule has 0 saturated carbocycles. The predicted octanol–water partition coefficient (Wildman–Crippen LogP) is 3.03. The van der Waals surface area contributed by atoms with Gasteiger partial charge in [-0.2, -0.15) is 0 Å². The molecule has 0 aliphatic carbocycles. The van der Waals surface area contributed by atoms with Crippen LogP contribution in [0.25, 0.3) is 0 Å². The Kier molecular flexibility index (Phi) is 7.51. The minimum absolute atomic E-state index is 0.0157. The van der Waals surface area contributed by atoms with E-state index in [1.165, 1.54) is 0 Å². The van der Waals surface area contributed by atoms with Crippen LogP contribution in [0, 0.1) is 0 Å². The Morgan fingerprint density at radius 3 is 2.54 bits per heavy atom. The number of alkyl carbamates (subject to hydrolysis) is 1. The number of ether oxygens (including phenoxy) is 3. The lowest BCUT2D eigenvalue weighted by atomic mass is 10.2. The summed E-state index contributed by atoms with van der Waals surface area (Å²) in [6.45, 7) is 7.46. The molecule has 2 rings (SSSR count). The summed E-state index contributed by atoms with van der Waals surface area (Å²) in [5, 5.41) is 10.1. The first-order valence-electron chi connectivity index (χ1n) is 8.90. The number of amides is 1. The first-order valence-corrected chi connectivity index (χ1v) is 8.90. The van der Waals surface area contributed by atoms with E-state index in [-0.39, 0.29) is 25.0 Å². The predicted molar refractivity (Wildman–Crippen MR) is 98.5 cm³/mol. The number of rotatable bonds is 8. The fourth-order valence-corrected chi connectivity index (χ4v) is 2.14. The van der Waals surface area contributed by atoms with Crippen molar-refractivity contribution in [2.75, 3.05) is 13.2 Å². The zero-order chi connectivity index (χ0) is 20.6. The molecule has 0 saturated heterocycles. The first kappa shape index (κ1) is 21.4. The molecule has 0 fully saturated rings. The molecule has 0 aliphatic rings. The zero-order valence-electron chi connectivity index (χ0n) is 16.4. The maximum Gasteiger partial charge on any atom is 0.408 e. The van der Waals surface area contributed by atoms with Gasteiger partial charge in [-0.05, 0) is 33.3 Å². The Morgan fingerprint density at radius 1 is 1.18 bits per heavy atom. The Morgan fingerprint density at radius 2 is 1.89 bits per heavy atom. The molecule has 9 heteroatoms. The van der Waals surface area contributed by atoms with Gasteiger partial charge in [-0.1, -0.05) is 30.3 Å². The third kappa shape index (κ3) is 6.99. The highest BCUT2D eigenvalue weighted by Crippen LogP contribution is 2.16. The largest absolute Gasteiger partial charge is 0.459 e. The molecule has 9 nitrogen and oxygen atoms in total.